The largest absolute Gasteiger partial charge is 0.497 e. The number of hydrogen-bond donors (Lipinski definition) is 0. The summed E-state index contributed by atoms with van der Waals surface area (Å²) in [5.41, 5.74) is 0.832. The van der Waals surface area contributed by atoms with E-state index in [-0.39, 0.29) is 18.1 Å². The van der Waals surface area contributed by atoms with Crippen LogP contribution in [0, 0.1) is 11.3 Å². The first kappa shape index (κ1) is 18.5. The number of methoxy groups -OCH3 is 1. The Hall–Kier alpha value is -2.85. The monoisotopic (exact) mass is 380 g/mol. The molecule has 2 aliphatic heterocycles. The summed E-state index contributed by atoms with van der Waals surface area (Å²) < 4.78 is 11.5. The number of rotatable bonds is 5. The van der Waals surface area contributed by atoms with Gasteiger partial charge in [-0.25, -0.2) is 0 Å². The van der Waals surface area contributed by atoms with E-state index in [9.17, 15) is 10.1 Å². The quantitative estimate of drug-likeness (QED) is 0.791. The highest BCUT2D eigenvalue weighted by molar-refractivity contribution is 5.86. The minimum Gasteiger partial charge on any atom is -0.497 e. The molecule has 2 saturated heterocycles. The molecule has 28 heavy (non-hydrogen) atoms. The molecule has 146 valence electrons. The Morgan fingerprint density at radius 1 is 1.32 bits per heavy atom. The van der Waals surface area contributed by atoms with Gasteiger partial charge in [0.15, 0.2) is 0 Å². The Balaban J connectivity index is 1.38. The number of likely N-dealkylation sites (tertiary alicyclic amines) is 2. The van der Waals surface area contributed by atoms with Gasteiger partial charge in [-0.3, -0.25) is 14.7 Å². The molecule has 1 aromatic heterocycles. The Kier molecular flexibility index (Phi) is 5.31. The third-order valence-corrected chi connectivity index (χ3v) is 5.51. The summed E-state index contributed by atoms with van der Waals surface area (Å²) >= 11 is 0. The average molecular weight is 380 g/mol. The lowest BCUT2D eigenvalue weighted by Gasteiger charge is -2.23. The molecule has 1 aromatic carbocycles. The van der Waals surface area contributed by atoms with E-state index in [1.165, 1.54) is 0 Å². The van der Waals surface area contributed by atoms with Crippen molar-refractivity contribution in [3.05, 3.63) is 30.5 Å². The molecule has 7 heteroatoms. The second kappa shape index (κ2) is 8.03. The number of nitrogens with zero attached hydrogens (tertiary/aromatic N) is 4. The Morgan fingerprint density at radius 2 is 2.21 bits per heavy atom. The number of pyridine rings is 1. The first-order valence-electron chi connectivity index (χ1n) is 9.69. The molecule has 0 aliphatic carbocycles. The summed E-state index contributed by atoms with van der Waals surface area (Å²) in [6, 6.07) is 9.60. The Labute approximate surface area is 164 Å². The predicted molar refractivity (Wildman–Crippen MR) is 104 cm³/mol. The SMILES string of the molecule is COc1ccc2c(O[C@H]3CCN(CC(=O)N4CCCC4C#N)C3)ccnc2c1. The van der Waals surface area contributed by atoms with Crippen LogP contribution in [0.25, 0.3) is 10.9 Å². The van der Waals surface area contributed by atoms with Gasteiger partial charge in [-0.1, -0.05) is 0 Å². The number of carbonyl (C=O) groups excluding carboxylic acids is 1. The molecule has 2 atom stereocenters. The maximum atomic E-state index is 12.5. The van der Waals surface area contributed by atoms with Crippen molar-refractivity contribution in [3.63, 3.8) is 0 Å². The van der Waals surface area contributed by atoms with Gasteiger partial charge in [-0.2, -0.15) is 5.26 Å². The van der Waals surface area contributed by atoms with Crippen molar-refractivity contribution < 1.29 is 14.3 Å². The van der Waals surface area contributed by atoms with Crippen molar-refractivity contribution in [2.45, 2.75) is 31.4 Å². The van der Waals surface area contributed by atoms with E-state index in [1.54, 1.807) is 18.2 Å². The number of aromatic nitrogens is 1. The molecule has 2 fully saturated rings. The lowest BCUT2D eigenvalue weighted by Crippen LogP contribution is -2.42. The molecular weight excluding hydrogens is 356 g/mol. The van der Waals surface area contributed by atoms with E-state index in [2.05, 4.69) is 16.0 Å². The normalized spacial score (nSPS) is 22.4. The van der Waals surface area contributed by atoms with E-state index in [1.807, 2.05) is 24.3 Å². The van der Waals surface area contributed by atoms with Crippen molar-refractivity contribution in [1.29, 1.82) is 5.26 Å². The van der Waals surface area contributed by atoms with Gasteiger partial charge in [0.25, 0.3) is 0 Å². The average Bonchev–Trinajstić information content (AvgIpc) is 3.37. The molecule has 3 heterocycles. The molecule has 1 amide bonds. The Bertz CT molecular complexity index is 910. The van der Waals surface area contributed by atoms with Gasteiger partial charge in [0.1, 0.15) is 23.6 Å². The first-order chi connectivity index (χ1) is 13.7. The van der Waals surface area contributed by atoms with Crippen molar-refractivity contribution >= 4 is 16.8 Å². The smallest absolute Gasteiger partial charge is 0.237 e. The first-order valence-corrected chi connectivity index (χ1v) is 9.69. The predicted octanol–water partition coefficient (Wildman–Crippen LogP) is 2.21. The summed E-state index contributed by atoms with van der Waals surface area (Å²) in [4.78, 5) is 20.8. The van der Waals surface area contributed by atoms with Crippen LogP contribution in [0.15, 0.2) is 30.5 Å². The minimum absolute atomic E-state index is 0.0332. The summed E-state index contributed by atoms with van der Waals surface area (Å²) in [7, 11) is 1.64. The van der Waals surface area contributed by atoms with Gasteiger partial charge in [-0.05, 0) is 37.5 Å². The van der Waals surface area contributed by atoms with Crippen molar-refractivity contribution in [2.24, 2.45) is 0 Å². The number of amides is 1. The highest BCUT2D eigenvalue weighted by Gasteiger charge is 2.32. The number of hydrogen-bond acceptors (Lipinski definition) is 6. The van der Waals surface area contributed by atoms with Crippen molar-refractivity contribution in [3.8, 4) is 17.6 Å². The van der Waals surface area contributed by atoms with E-state index in [4.69, 9.17) is 9.47 Å². The van der Waals surface area contributed by atoms with Crippen LogP contribution >= 0.6 is 0 Å². The molecular formula is C21H24N4O3. The molecule has 2 aromatic rings. The zero-order chi connectivity index (χ0) is 19.5. The number of benzene rings is 1. The molecule has 0 bridgehead atoms. The standard InChI is InChI=1S/C21H24N4O3/c1-27-16-4-5-18-19(11-16)23-8-6-20(18)28-17-7-10-24(13-17)14-21(26)25-9-2-3-15(25)12-22/h4-6,8,11,15,17H,2-3,7,9-10,13-14H2,1H3/t15?,17-/m0/s1. The molecule has 1 unspecified atom stereocenters. The van der Waals surface area contributed by atoms with Crippen LogP contribution in [0.4, 0.5) is 0 Å². The Morgan fingerprint density at radius 3 is 3.04 bits per heavy atom. The summed E-state index contributed by atoms with van der Waals surface area (Å²) in [6.45, 7) is 2.57. The van der Waals surface area contributed by atoms with E-state index >= 15 is 0 Å². The fraction of sp³-hybridized carbons (Fsp3) is 0.476. The fourth-order valence-corrected chi connectivity index (χ4v) is 4.03. The van der Waals surface area contributed by atoms with Crippen LogP contribution in [-0.2, 0) is 4.79 Å². The third kappa shape index (κ3) is 3.73. The summed E-state index contributed by atoms with van der Waals surface area (Å²) in [5.74, 6) is 1.61. The van der Waals surface area contributed by atoms with Gasteiger partial charge in [0.2, 0.25) is 5.91 Å². The summed E-state index contributed by atoms with van der Waals surface area (Å²) in [5, 5.41) is 10.1. The maximum absolute atomic E-state index is 12.5. The highest BCUT2D eigenvalue weighted by atomic mass is 16.5. The number of nitriles is 1. The molecule has 7 nitrogen and oxygen atoms in total. The fourth-order valence-electron chi connectivity index (χ4n) is 4.03. The number of fused-ring (bicyclic) bond motifs is 1. The zero-order valence-corrected chi connectivity index (χ0v) is 16.0. The summed E-state index contributed by atoms with van der Waals surface area (Å²) in [6.07, 6.45) is 4.34. The molecule has 4 rings (SSSR count). The van der Waals surface area contributed by atoms with Gasteiger partial charge in [-0.15, -0.1) is 0 Å². The van der Waals surface area contributed by atoms with Crippen molar-refractivity contribution in [2.75, 3.05) is 33.3 Å². The molecule has 0 radical (unpaired) electrons. The molecule has 0 N–H and O–H groups in total. The lowest BCUT2D eigenvalue weighted by molar-refractivity contribution is -0.132. The van der Waals surface area contributed by atoms with Gasteiger partial charge >= 0.3 is 0 Å². The second-order valence-electron chi connectivity index (χ2n) is 7.33. The van der Waals surface area contributed by atoms with E-state index in [0.717, 1.165) is 48.2 Å². The van der Waals surface area contributed by atoms with E-state index in [0.29, 0.717) is 19.6 Å². The lowest BCUT2D eigenvalue weighted by atomic mass is 10.2. The zero-order valence-electron chi connectivity index (χ0n) is 16.0. The van der Waals surface area contributed by atoms with Crippen LogP contribution in [0.2, 0.25) is 0 Å². The van der Waals surface area contributed by atoms with Crippen LogP contribution < -0.4 is 9.47 Å². The minimum atomic E-state index is -0.262. The molecule has 0 saturated carbocycles. The van der Waals surface area contributed by atoms with Crippen LogP contribution in [0.1, 0.15) is 19.3 Å². The highest BCUT2D eigenvalue weighted by Crippen LogP contribution is 2.29. The van der Waals surface area contributed by atoms with Crippen LogP contribution in [0.3, 0.4) is 0 Å². The van der Waals surface area contributed by atoms with Gasteiger partial charge < -0.3 is 14.4 Å². The van der Waals surface area contributed by atoms with Crippen LogP contribution in [-0.4, -0.2) is 66.1 Å². The molecule has 0 spiro atoms. The number of carbonyl (C=O) groups is 1. The van der Waals surface area contributed by atoms with Gasteiger partial charge in [0, 0.05) is 37.3 Å². The third-order valence-electron chi connectivity index (χ3n) is 5.51. The van der Waals surface area contributed by atoms with Crippen LogP contribution in [0.5, 0.6) is 11.5 Å². The number of ether oxygens (including phenoxy) is 2. The topological polar surface area (TPSA) is 78.7 Å². The maximum Gasteiger partial charge on any atom is 0.237 e. The molecule has 2 aliphatic rings. The second-order valence-corrected chi connectivity index (χ2v) is 7.33. The van der Waals surface area contributed by atoms with Crippen molar-refractivity contribution in [1.82, 2.24) is 14.8 Å². The van der Waals surface area contributed by atoms with E-state index < -0.39 is 0 Å². The van der Waals surface area contributed by atoms with Gasteiger partial charge in [0.05, 0.1) is 25.2 Å².